The van der Waals surface area contributed by atoms with Gasteiger partial charge < -0.3 is 10.6 Å². The van der Waals surface area contributed by atoms with Crippen molar-refractivity contribution >= 4 is 29.5 Å². The first-order chi connectivity index (χ1) is 9.29. The van der Waals surface area contributed by atoms with Crippen molar-refractivity contribution in [2.24, 2.45) is 0 Å². The van der Waals surface area contributed by atoms with Gasteiger partial charge in [-0.25, -0.2) is 4.98 Å². The van der Waals surface area contributed by atoms with Crippen LogP contribution >= 0.6 is 11.6 Å². The SMILES string of the molecule is O=CNc1cc(-c2cccc3c2CCN3)c(Cl)cn1. The van der Waals surface area contributed by atoms with Gasteiger partial charge in [0.05, 0.1) is 5.02 Å². The third-order valence-electron chi connectivity index (χ3n) is 3.22. The lowest BCUT2D eigenvalue weighted by Crippen LogP contribution is -1.97. The molecule has 0 radical (unpaired) electrons. The molecule has 2 N–H and O–H groups in total. The average molecular weight is 274 g/mol. The molecule has 0 aliphatic carbocycles. The van der Waals surface area contributed by atoms with Crippen LogP contribution in [0.25, 0.3) is 11.1 Å². The highest BCUT2D eigenvalue weighted by atomic mass is 35.5. The van der Waals surface area contributed by atoms with Crippen molar-refractivity contribution in [3.8, 4) is 11.1 Å². The van der Waals surface area contributed by atoms with Gasteiger partial charge in [0.15, 0.2) is 0 Å². The number of carbonyl (C=O) groups excluding carboxylic acids is 1. The van der Waals surface area contributed by atoms with E-state index in [-0.39, 0.29) is 0 Å². The number of hydrogen-bond donors (Lipinski definition) is 2. The second-order valence-corrected chi connectivity index (χ2v) is 4.73. The van der Waals surface area contributed by atoms with Crippen LogP contribution in [0, 0.1) is 0 Å². The molecule has 0 saturated heterocycles. The Morgan fingerprint density at radius 2 is 2.26 bits per heavy atom. The van der Waals surface area contributed by atoms with Gasteiger partial charge in [0.1, 0.15) is 5.82 Å². The summed E-state index contributed by atoms with van der Waals surface area (Å²) >= 11 is 6.23. The molecule has 0 unspecified atom stereocenters. The van der Waals surface area contributed by atoms with E-state index in [0.29, 0.717) is 17.3 Å². The van der Waals surface area contributed by atoms with Gasteiger partial charge in [-0.1, -0.05) is 23.7 Å². The fourth-order valence-corrected chi connectivity index (χ4v) is 2.59. The Bertz CT molecular complexity index is 643. The Labute approximate surface area is 115 Å². The normalized spacial score (nSPS) is 12.7. The number of rotatable bonds is 3. The Hall–Kier alpha value is -2.07. The van der Waals surface area contributed by atoms with Crippen molar-refractivity contribution < 1.29 is 4.79 Å². The topological polar surface area (TPSA) is 54.0 Å². The average Bonchev–Trinajstić information content (AvgIpc) is 2.89. The number of benzene rings is 1. The number of anilines is 2. The number of carbonyl (C=O) groups is 1. The van der Waals surface area contributed by atoms with Crippen LogP contribution < -0.4 is 10.6 Å². The second-order valence-electron chi connectivity index (χ2n) is 4.32. The van der Waals surface area contributed by atoms with Crippen molar-refractivity contribution in [2.45, 2.75) is 6.42 Å². The maximum Gasteiger partial charge on any atom is 0.212 e. The molecule has 0 bridgehead atoms. The highest BCUT2D eigenvalue weighted by molar-refractivity contribution is 6.33. The van der Waals surface area contributed by atoms with Crippen LogP contribution in [0.2, 0.25) is 5.02 Å². The van der Waals surface area contributed by atoms with Gasteiger partial charge in [-0.05, 0) is 29.7 Å². The minimum atomic E-state index is 0.498. The summed E-state index contributed by atoms with van der Waals surface area (Å²) in [6, 6.07) is 7.89. The molecule has 0 spiro atoms. The largest absolute Gasteiger partial charge is 0.384 e. The van der Waals surface area contributed by atoms with Crippen LogP contribution in [0.1, 0.15) is 5.56 Å². The van der Waals surface area contributed by atoms with Crippen LogP contribution in [-0.4, -0.2) is 17.9 Å². The van der Waals surface area contributed by atoms with E-state index in [4.69, 9.17) is 11.6 Å². The van der Waals surface area contributed by atoms with Crippen molar-refractivity contribution in [1.29, 1.82) is 0 Å². The molecule has 96 valence electrons. The van der Waals surface area contributed by atoms with Crippen LogP contribution in [-0.2, 0) is 11.2 Å². The minimum absolute atomic E-state index is 0.498. The zero-order chi connectivity index (χ0) is 13.2. The predicted octanol–water partition coefficient (Wildman–Crippen LogP) is 2.94. The zero-order valence-electron chi connectivity index (χ0n) is 10.1. The molecule has 1 aromatic carbocycles. The maximum absolute atomic E-state index is 10.5. The molecule has 1 amide bonds. The molecule has 3 rings (SSSR count). The Morgan fingerprint density at radius 3 is 3.11 bits per heavy atom. The summed E-state index contributed by atoms with van der Waals surface area (Å²) in [6.07, 6.45) is 3.14. The van der Waals surface area contributed by atoms with Crippen molar-refractivity contribution in [2.75, 3.05) is 17.2 Å². The lowest BCUT2D eigenvalue weighted by atomic mass is 9.98. The predicted molar refractivity (Wildman–Crippen MR) is 76.6 cm³/mol. The molecular weight excluding hydrogens is 262 g/mol. The number of aromatic nitrogens is 1. The summed E-state index contributed by atoms with van der Waals surface area (Å²) in [5.74, 6) is 0.498. The molecule has 1 aliphatic rings. The van der Waals surface area contributed by atoms with E-state index < -0.39 is 0 Å². The highest BCUT2D eigenvalue weighted by Crippen LogP contribution is 2.36. The van der Waals surface area contributed by atoms with Gasteiger partial charge >= 0.3 is 0 Å². The van der Waals surface area contributed by atoms with E-state index in [2.05, 4.69) is 21.7 Å². The molecule has 0 saturated carbocycles. The molecule has 5 heteroatoms. The zero-order valence-corrected chi connectivity index (χ0v) is 10.9. The van der Waals surface area contributed by atoms with Crippen LogP contribution in [0.4, 0.5) is 11.5 Å². The Kier molecular flexibility index (Phi) is 3.09. The van der Waals surface area contributed by atoms with Crippen LogP contribution in [0.3, 0.4) is 0 Å². The molecule has 19 heavy (non-hydrogen) atoms. The Balaban J connectivity index is 2.14. The molecule has 2 heterocycles. The van der Waals surface area contributed by atoms with Gasteiger partial charge in [0.2, 0.25) is 6.41 Å². The standard InChI is InChI=1S/C14H12ClN3O/c15-12-7-17-14(18-8-19)6-11(12)9-2-1-3-13-10(9)4-5-16-13/h1-3,6-8,16H,4-5H2,(H,17,18,19). The third kappa shape index (κ3) is 2.15. The minimum Gasteiger partial charge on any atom is -0.384 e. The fraction of sp³-hybridized carbons (Fsp3) is 0.143. The number of pyridine rings is 1. The van der Waals surface area contributed by atoms with E-state index in [9.17, 15) is 4.79 Å². The lowest BCUT2D eigenvalue weighted by Gasteiger charge is -2.10. The van der Waals surface area contributed by atoms with E-state index >= 15 is 0 Å². The first-order valence-corrected chi connectivity index (χ1v) is 6.39. The summed E-state index contributed by atoms with van der Waals surface area (Å²) in [7, 11) is 0. The highest BCUT2D eigenvalue weighted by Gasteiger charge is 2.17. The second kappa shape index (κ2) is 4.90. The van der Waals surface area contributed by atoms with Crippen molar-refractivity contribution in [3.63, 3.8) is 0 Å². The summed E-state index contributed by atoms with van der Waals surface area (Å²) in [6.45, 7) is 0.939. The van der Waals surface area contributed by atoms with Gasteiger partial charge in [0, 0.05) is 24.0 Å². The third-order valence-corrected chi connectivity index (χ3v) is 3.52. The number of hydrogen-bond acceptors (Lipinski definition) is 3. The molecule has 1 aliphatic heterocycles. The molecular formula is C14H12ClN3O. The summed E-state index contributed by atoms with van der Waals surface area (Å²) < 4.78 is 0. The number of halogens is 1. The van der Waals surface area contributed by atoms with Gasteiger partial charge in [0.25, 0.3) is 0 Å². The molecule has 2 aromatic rings. The molecule has 4 nitrogen and oxygen atoms in total. The van der Waals surface area contributed by atoms with E-state index in [1.165, 1.54) is 5.56 Å². The lowest BCUT2D eigenvalue weighted by molar-refractivity contribution is -0.105. The van der Waals surface area contributed by atoms with Gasteiger partial charge in [-0.15, -0.1) is 0 Å². The molecule has 0 fully saturated rings. The first-order valence-electron chi connectivity index (χ1n) is 6.01. The summed E-state index contributed by atoms with van der Waals surface area (Å²) in [5.41, 5.74) is 4.38. The van der Waals surface area contributed by atoms with Crippen molar-refractivity contribution in [3.05, 3.63) is 41.0 Å². The number of nitrogens with one attached hydrogen (secondary N) is 2. The quantitative estimate of drug-likeness (QED) is 0.846. The number of fused-ring (bicyclic) bond motifs is 1. The van der Waals surface area contributed by atoms with Crippen LogP contribution in [0.15, 0.2) is 30.5 Å². The smallest absolute Gasteiger partial charge is 0.212 e. The molecule has 0 atom stereocenters. The van der Waals surface area contributed by atoms with Gasteiger partial charge in [-0.3, -0.25) is 4.79 Å². The number of amides is 1. The summed E-state index contributed by atoms with van der Waals surface area (Å²) in [4.78, 5) is 14.6. The fourth-order valence-electron chi connectivity index (χ4n) is 2.38. The van der Waals surface area contributed by atoms with E-state index in [1.54, 1.807) is 12.3 Å². The van der Waals surface area contributed by atoms with Crippen molar-refractivity contribution in [1.82, 2.24) is 4.98 Å². The summed E-state index contributed by atoms with van der Waals surface area (Å²) in [5, 5.41) is 6.47. The van der Waals surface area contributed by atoms with Gasteiger partial charge in [-0.2, -0.15) is 0 Å². The van der Waals surface area contributed by atoms with E-state index in [0.717, 1.165) is 29.8 Å². The van der Waals surface area contributed by atoms with E-state index in [1.807, 2.05) is 12.1 Å². The molecule has 1 aromatic heterocycles. The van der Waals surface area contributed by atoms with Crippen LogP contribution in [0.5, 0.6) is 0 Å². The number of nitrogens with zero attached hydrogens (tertiary/aromatic N) is 1. The first kappa shape index (κ1) is 12.0. The Morgan fingerprint density at radius 1 is 1.37 bits per heavy atom. The maximum atomic E-state index is 10.5. The monoisotopic (exact) mass is 273 g/mol.